The molecule has 2 rings (SSSR count). The number of thiophene rings is 1. The van der Waals surface area contributed by atoms with Crippen molar-refractivity contribution in [1.29, 1.82) is 0 Å². The Balaban J connectivity index is 2.02. The lowest BCUT2D eigenvalue weighted by atomic mass is 10.1. The fraction of sp³-hybridized carbons (Fsp3) is 0.412. The largest absolute Gasteiger partial charge is 0.388 e. The van der Waals surface area contributed by atoms with Crippen molar-refractivity contribution >= 4 is 17.0 Å². The van der Waals surface area contributed by atoms with Crippen LogP contribution in [0.1, 0.15) is 36.8 Å². The molecule has 0 radical (unpaired) electrons. The highest BCUT2D eigenvalue weighted by Gasteiger charge is 2.12. The van der Waals surface area contributed by atoms with Gasteiger partial charge in [0.25, 0.3) is 0 Å². The Morgan fingerprint density at radius 3 is 2.45 bits per heavy atom. The summed E-state index contributed by atoms with van der Waals surface area (Å²) >= 11 is 1.81. The molecule has 2 nitrogen and oxygen atoms in total. The lowest BCUT2D eigenvalue weighted by Crippen LogP contribution is -2.30. The highest BCUT2D eigenvalue weighted by Crippen LogP contribution is 2.23. The molecule has 2 aromatic rings. The fourth-order valence-electron chi connectivity index (χ4n) is 2.28. The van der Waals surface area contributed by atoms with Crippen LogP contribution in [0.15, 0.2) is 41.8 Å². The summed E-state index contributed by atoms with van der Waals surface area (Å²) in [5.74, 6) is 0. The van der Waals surface area contributed by atoms with Crippen molar-refractivity contribution in [2.75, 3.05) is 11.9 Å². The fourth-order valence-corrected chi connectivity index (χ4v) is 3.11. The molecule has 2 atom stereocenters. The first kappa shape index (κ1) is 15.1. The van der Waals surface area contributed by atoms with E-state index in [1.165, 1.54) is 10.6 Å². The van der Waals surface area contributed by atoms with Crippen LogP contribution in [0.2, 0.25) is 0 Å². The minimum absolute atomic E-state index is 0.349. The smallest absolute Gasteiger partial charge is 0.0787 e. The van der Waals surface area contributed by atoms with Crippen LogP contribution in [-0.2, 0) is 6.42 Å². The zero-order chi connectivity index (χ0) is 14.5. The molecule has 0 amide bonds. The minimum Gasteiger partial charge on any atom is -0.388 e. The highest BCUT2D eigenvalue weighted by molar-refractivity contribution is 7.09. The third-order valence-electron chi connectivity index (χ3n) is 3.81. The Labute approximate surface area is 125 Å². The maximum Gasteiger partial charge on any atom is 0.0787 e. The van der Waals surface area contributed by atoms with Gasteiger partial charge in [-0.25, -0.2) is 0 Å². The Hall–Kier alpha value is -1.32. The second-order valence-corrected chi connectivity index (χ2v) is 6.29. The molecule has 1 aromatic heterocycles. The molecule has 1 heterocycles. The molecule has 0 aliphatic heterocycles. The topological polar surface area (TPSA) is 23.5 Å². The molecule has 20 heavy (non-hydrogen) atoms. The summed E-state index contributed by atoms with van der Waals surface area (Å²) in [7, 11) is 2.13. The number of likely N-dealkylation sites (N-methyl/N-ethyl adjacent to an activating group) is 1. The van der Waals surface area contributed by atoms with E-state index in [2.05, 4.69) is 48.5 Å². The lowest BCUT2D eigenvalue weighted by molar-refractivity contribution is 0.173. The molecule has 1 N–H and O–H groups in total. The van der Waals surface area contributed by atoms with Gasteiger partial charge in [-0.05, 0) is 42.5 Å². The maximum absolute atomic E-state index is 9.83. The lowest BCUT2D eigenvalue weighted by Gasteiger charge is -2.27. The zero-order valence-electron chi connectivity index (χ0n) is 12.4. The van der Waals surface area contributed by atoms with Crippen LogP contribution >= 0.6 is 11.3 Å². The van der Waals surface area contributed by atoms with Gasteiger partial charge in [0.1, 0.15) is 0 Å². The standard InChI is InChI=1S/C17H23NOS/c1-4-17(19)14-7-9-15(10-8-14)18(3)13(2)12-16-6-5-11-20-16/h5-11,13,17,19H,4,12H2,1-3H3. The zero-order valence-corrected chi connectivity index (χ0v) is 13.2. The van der Waals surface area contributed by atoms with Gasteiger partial charge in [0.2, 0.25) is 0 Å². The first-order valence-electron chi connectivity index (χ1n) is 7.15. The van der Waals surface area contributed by atoms with E-state index in [-0.39, 0.29) is 6.10 Å². The molecule has 0 saturated carbocycles. The van der Waals surface area contributed by atoms with Crippen molar-refractivity contribution in [2.45, 2.75) is 38.8 Å². The van der Waals surface area contributed by atoms with E-state index < -0.39 is 0 Å². The normalized spacial score (nSPS) is 14.0. The van der Waals surface area contributed by atoms with Crippen molar-refractivity contribution in [1.82, 2.24) is 0 Å². The molecule has 2 unspecified atom stereocenters. The van der Waals surface area contributed by atoms with E-state index in [1.807, 2.05) is 30.4 Å². The number of aliphatic hydroxyl groups excluding tert-OH is 1. The third kappa shape index (κ3) is 3.62. The van der Waals surface area contributed by atoms with Gasteiger partial charge in [-0.1, -0.05) is 25.1 Å². The van der Waals surface area contributed by atoms with Crippen molar-refractivity contribution in [3.63, 3.8) is 0 Å². The van der Waals surface area contributed by atoms with Crippen LogP contribution in [0.3, 0.4) is 0 Å². The molecule has 0 saturated heterocycles. The first-order chi connectivity index (χ1) is 9.61. The predicted octanol–water partition coefficient (Wildman–Crippen LogP) is 4.26. The summed E-state index contributed by atoms with van der Waals surface area (Å²) in [5.41, 5.74) is 2.19. The number of benzene rings is 1. The van der Waals surface area contributed by atoms with E-state index in [0.29, 0.717) is 6.04 Å². The molecule has 108 valence electrons. The molecule has 1 aromatic carbocycles. The highest BCUT2D eigenvalue weighted by atomic mass is 32.1. The van der Waals surface area contributed by atoms with Crippen LogP contribution in [0.25, 0.3) is 0 Å². The Kier molecular flexibility index (Phi) is 5.21. The van der Waals surface area contributed by atoms with E-state index in [1.54, 1.807) is 0 Å². The molecule has 0 aliphatic carbocycles. The number of anilines is 1. The molecular formula is C17H23NOS. The van der Waals surface area contributed by atoms with Crippen LogP contribution in [0.5, 0.6) is 0 Å². The summed E-state index contributed by atoms with van der Waals surface area (Å²) in [6.45, 7) is 4.24. The van der Waals surface area contributed by atoms with Gasteiger partial charge in [-0.2, -0.15) is 0 Å². The second-order valence-electron chi connectivity index (χ2n) is 5.26. The summed E-state index contributed by atoms with van der Waals surface area (Å²) in [6, 6.07) is 13.0. The van der Waals surface area contributed by atoms with Crippen molar-refractivity contribution in [2.24, 2.45) is 0 Å². The maximum atomic E-state index is 9.83. The number of hydrogen-bond donors (Lipinski definition) is 1. The summed E-state index contributed by atoms with van der Waals surface area (Å²) in [4.78, 5) is 3.71. The molecule has 0 bridgehead atoms. The SMILES string of the molecule is CCC(O)c1ccc(N(C)C(C)Cc2cccs2)cc1. The van der Waals surface area contributed by atoms with Gasteiger partial charge in [0.15, 0.2) is 0 Å². The summed E-state index contributed by atoms with van der Waals surface area (Å²) in [6.07, 6.45) is 1.47. The van der Waals surface area contributed by atoms with E-state index in [0.717, 1.165) is 18.4 Å². The van der Waals surface area contributed by atoms with E-state index in [9.17, 15) is 5.11 Å². The Morgan fingerprint density at radius 2 is 1.90 bits per heavy atom. The van der Waals surface area contributed by atoms with Crippen LogP contribution in [0, 0.1) is 0 Å². The van der Waals surface area contributed by atoms with E-state index >= 15 is 0 Å². The monoisotopic (exact) mass is 289 g/mol. The molecule has 0 fully saturated rings. The van der Waals surface area contributed by atoms with Crippen LogP contribution in [-0.4, -0.2) is 18.2 Å². The Bertz CT molecular complexity index is 506. The Morgan fingerprint density at radius 1 is 1.20 bits per heavy atom. The van der Waals surface area contributed by atoms with Gasteiger partial charge in [0.05, 0.1) is 6.10 Å². The van der Waals surface area contributed by atoms with E-state index in [4.69, 9.17) is 0 Å². The van der Waals surface area contributed by atoms with Crippen LogP contribution in [0.4, 0.5) is 5.69 Å². The first-order valence-corrected chi connectivity index (χ1v) is 8.03. The number of aliphatic hydroxyl groups is 1. The van der Waals surface area contributed by atoms with Gasteiger partial charge in [-0.15, -0.1) is 11.3 Å². The van der Waals surface area contributed by atoms with Crippen molar-refractivity contribution in [3.8, 4) is 0 Å². The summed E-state index contributed by atoms with van der Waals surface area (Å²) in [5, 5.41) is 12.0. The minimum atomic E-state index is -0.349. The quantitative estimate of drug-likeness (QED) is 0.859. The molecule has 3 heteroatoms. The third-order valence-corrected chi connectivity index (χ3v) is 4.71. The number of rotatable bonds is 6. The molecular weight excluding hydrogens is 266 g/mol. The predicted molar refractivity (Wildman–Crippen MR) is 87.6 cm³/mol. The number of nitrogens with zero attached hydrogens (tertiary/aromatic N) is 1. The second kappa shape index (κ2) is 6.91. The molecule has 0 aliphatic rings. The average Bonchev–Trinajstić information content (AvgIpc) is 2.98. The van der Waals surface area contributed by atoms with Crippen molar-refractivity contribution < 1.29 is 5.11 Å². The van der Waals surface area contributed by atoms with Gasteiger partial charge in [0, 0.05) is 30.1 Å². The van der Waals surface area contributed by atoms with Crippen molar-refractivity contribution in [3.05, 3.63) is 52.2 Å². The average molecular weight is 289 g/mol. The number of hydrogen-bond acceptors (Lipinski definition) is 3. The molecule has 0 spiro atoms. The van der Waals surface area contributed by atoms with Gasteiger partial charge >= 0.3 is 0 Å². The summed E-state index contributed by atoms with van der Waals surface area (Å²) < 4.78 is 0. The van der Waals surface area contributed by atoms with Gasteiger partial charge in [-0.3, -0.25) is 0 Å². The van der Waals surface area contributed by atoms with Gasteiger partial charge < -0.3 is 10.0 Å². The van der Waals surface area contributed by atoms with Crippen LogP contribution < -0.4 is 4.90 Å².